The predicted octanol–water partition coefficient (Wildman–Crippen LogP) is 3.80. The van der Waals surface area contributed by atoms with E-state index in [2.05, 4.69) is 5.32 Å². The van der Waals surface area contributed by atoms with Crippen molar-refractivity contribution in [3.63, 3.8) is 0 Å². The molecule has 0 saturated carbocycles. The molecule has 1 saturated heterocycles. The Kier molecular flexibility index (Phi) is 6.72. The van der Waals surface area contributed by atoms with Gasteiger partial charge in [0.05, 0.1) is 17.2 Å². The number of ether oxygens (including phenoxy) is 1. The molecule has 1 fully saturated rings. The zero-order valence-corrected chi connectivity index (χ0v) is 16.9. The maximum absolute atomic E-state index is 13.4. The van der Waals surface area contributed by atoms with E-state index < -0.39 is 51.5 Å². The molecule has 1 heterocycles. The largest absolute Gasteiger partial charge is 0.463 e. The van der Waals surface area contributed by atoms with E-state index in [0.717, 1.165) is 18.6 Å². The van der Waals surface area contributed by atoms with Gasteiger partial charge < -0.3 is 10.1 Å². The van der Waals surface area contributed by atoms with Gasteiger partial charge in [-0.05, 0) is 32.4 Å². The van der Waals surface area contributed by atoms with Crippen molar-refractivity contribution in [3.05, 3.63) is 39.4 Å². The highest BCUT2D eigenvalue weighted by Crippen LogP contribution is 2.41. The number of carbonyl (C=O) groups excluding carboxylic acids is 3. The van der Waals surface area contributed by atoms with E-state index in [1.165, 1.54) is 13.8 Å². The van der Waals surface area contributed by atoms with Crippen molar-refractivity contribution in [2.45, 2.75) is 45.3 Å². The van der Waals surface area contributed by atoms with E-state index in [1.807, 2.05) is 6.92 Å². The zero-order valence-electron chi connectivity index (χ0n) is 16.9. The summed E-state index contributed by atoms with van der Waals surface area (Å²) in [4.78, 5) is 47.2. The van der Waals surface area contributed by atoms with Gasteiger partial charge >= 0.3 is 18.2 Å². The Hall–Kier alpha value is -3.44. The Morgan fingerprint density at radius 2 is 1.97 bits per heavy atom. The summed E-state index contributed by atoms with van der Waals surface area (Å²) in [5.41, 5.74) is -5.20. The molecule has 0 atom stereocenters. The smallest absolute Gasteiger partial charge is 0.423 e. The number of anilines is 1. The Labute approximate surface area is 175 Å². The maximum Gasteiger partial charge on any atom is 0.423 e. The summed E-state index contributed by atoms with van der Waals surface area (Å²) in [5.74, 6) is -1.70. The van der Waals surface area contributed by atoms with E-state index in [0.29, 0.717) is 23.5 Å². The quantitative estimate of drug-likeness (QED) is 0.171. The minimum absolute atomic E-state index is 0.112. The van der Waals surface area contributed by atoms with Crippen LogP contribution in [0.3, 0.4) is 0 Å². The van der Waals surface area contributed by atoms with Gasteiger partial charge in [-0.15, -0.1) is 0 Å². The molecule has 0 unspecified atom stereocenters. The lowest BCUT2D eigenvalue weighted by atomic mass is 10.0. The van der Waals surface area contributed by atoms with Crippen molar-refractivity contribution in [2.24, 2.45) is 0 Å². The average molecular weight is 443 g/mol. The molecule has 1 aromatic rings. The van der Waals surface area contributed by atoms with Gasteiger partial charge in [-0.25, -0.2) is 14.5 Å². The summed E-state index contributed by atoms with van der Waals surface area (Å²) in [6.07, 6.45) is -1.96. The average Bonchev–Trinajstić information content (AvgIpc) is 2.85. The molecule has 0 aliphatic carbocycles. The molecule has 0 aromatic heterocycles. The van der Waals surface area contributed by atoms with Gasteiger partial charge in [0.2, 0.25) is 0 Å². The number of rotatable bonds is 7. The van der Waals surface area contributed by atoms with Crippen LogP contribution in [0.5, 0.6) is 0 Å². The molecule has 9 nitrogen and oxygen atoms in total. The molecule has 0 radical (unpaired) electrons. The first-order valence-electron chi connectivity index (χ1n) is 9.20. The van der Waals surface area contributed by atoms with Crippen molar-refractivity contribution in [1.29, 1.82) is 0 Å². The van der Waals surface area contributed by atoms with Crippen LogP contribution in [-0.4, -0.2) is 35.0 Å². The van der Waals surface area contributed by atoms with Crippen LogP contribution >= 0.6 is 0 Å². The van der Waals surface area contributed by atoms with E-state index in [9.17, 15) is 37.7 Å². The fourth-order valence-electron chi connectivity index (χ4n) is 2.79. The molecule has 12 heteroatoms. The molecular weight excluding hydrogens is 423 g/mol. The number of nitrogens with zero attached hydrogens (tertiary/aromatic N) is 2. The number of unbranched alkanes of at least 4 members (excludes halogenated alkanes) is 1. The van der Waals surface area contributed by atoms with Crippen LogP contribution in [0.1, 0.15) is 44.7 Å². The SMILES string of the molecule is CCCCOC(=O)/C=C/c1cc([N+](=O)[O-])c(C(F)(F)F)cc1N1C(=O)NC(C)(C)C1=O. The van der Waals surface area contributed by atoms with E-state index in [4.69, 9.17) is 4.74 Å². The second kappa shape index (κ2) is 8.74. The van der Waals surface area contributed by atoms with E-state index >= 15 is 0 Å². The fourth-order valence-corrected chi connectivity index (χ4v) is 2.79. The molecule has 31 heavy (non-hydrogen) atoms. The molecular formula is C19H20F3N3O6. The van der Waals surface area contributed by atoms with Gasteiger partial charge in [0.25, 0.3) is 11.6 Å². The summed E-state index contributed by atoms with van der Waals surface area (Å²) >= 11 is 0. The van der Waals surface area contributed by atoms with Gasteiger partial charge in [-0.3, -0.25) is 14.9 Å². The molecule has 2 rings (SSSR count). The Morgan fingerprint density at radius 1 is 1.32 bits per heavy atom. The number of hydrogen-bond donors (Lipinski definition) is 1. The van der Waals surface area contributed by atoms with Gasteiger partial charge in [0.1, 0.15) is 11.1 Å². The lowest BCUT2D eigenvalue weighted by Crippen LogP contribution is -2.40. The summed E-state index contributed by atoms with van der Waals surface area (Å²) < 4.78 is 45.2. The highest BCUT2D eigenvalue weighted by Gasteiger charge is 2.47. The lowest BCUT2D eigenvalue weighted by molar-refractivity contribution is -0.388. The normalized spacial score (nSPS) is 16.0. The molecule has 1 aliphatic rings. The number of nitro groups is 1. The van der Waals surface area contributed by atoms with Crippen LogP contribution in [0.25, 0.3) is 6.08 Å². The molecule has 1 N–H and O–H groups in total. The van der Waals surface area contributed by atoms with Gasteiger partial charge in [-0.1, -0.05) is 13.3 Å². The number of hydrogen-bond acceptors (Lipinski definition) is 6. The minimum Gasteiger partial charge on any atom is -0.463 e. The number of halogens is 3. The number of nitrogens with one attached hydrogen (secondary N) is 1. The number of alkyl halides is 3. The Balaban J connectivity index is 2.63. The second-order valence-corrected chi connectivity index (χ2v) is 7.23. The van der Waals surface area contributed by atoms with E-state index in [1.54, 1.807) is 0 Å². The topological polar surface area (TPSA) is 119 Å². The van der Waals surface area contributed by atoms with Gasteiger partial charge in [-0.2, -0.15) is 13.2 Å². The zero-order chi connectivity index (χ0) is 23.6. The molecule has 3 amide bonds. The molecule has 168 valence electrons. The van der Waals surface area contributed by atoms with Crippen molar-refractivity contribution < 1.29 is 37.2 Å². The second-order valence-electron chi connectivity index (χ2n) is 7.23. The first kappa shape index (κ1) is 23.8. The summed E-state index contributed by atoms with van der Waals surface area (Å²) in [6, 6.07) is -0.101. The standard InChI is InChI=1S/C19H20F3N3O6/c1-4-5-8-31-15(26)7-6-11-9-14(25(29)30)12(19(20,21)22)10-13(11)24-16(27)18(2,3)23-17(24)28/h6-7,9-10H,4-5,8H2,1-3H3,(H,23,28)/b7-6+. The van der Waals surface area contributed by atoms with E-state index in [-0.39, 0.29) is 12.2 Å². The third-order valence-electron chi connectivity index (χ3n) is 4.39. The highest BCUT2D eigenvalue weighted by atomic mass is 19.4. The van der Waals surface area contributed by atoms with Crippen molar-refractivity contribution in [3.8, 4) is 0 Å². The highest BCUT2D eigenvalue weighted by molar-refractivity contribution is 6.23. The van der Waals surface area contributed by atoms with Gasteiger partial charge in [0.15, 0.2) is 0 Å². The van der Waals surface area contributed by atoms with Crippen LogP contribution in [0.4, 0.5) is 29.3 Å². The number of benzene rings is 1. The maximum atomic E-state index is 13.4. The molecule has 0 bridgehead atoms. The van der Waals surface area contributed by atoms with Crippen molar-refractivity contribution in [1.82, 2.24) is 5.32 Å². The monoisotopic (exact) mass is 443 g/mol. The third-order valence-corrected chi connectivity index (χ3v) is 4.39. The summed E-state index contributed by atoms with van der Waals surface area (Å²) in [6.45, 7) is 4.69. The van der Waals surface area contributed by atoms with Crippen molar-refractivity contribution in [2.75, 3.05) is 11.5 Å². The van der Waals surface area contributed by atoms with Crippen LogP contribution in [0.2, 0.25) is 0 Å². The number of amides is 3. The fraction of sp³-hybridized carbons (Fsp3) is 0.421. The predicted molar refractivity (Wildman–Crippen MR) is 103 cm³/mol. The third kappa shape index (κ3) is 5.19. The summed E-state index contributed by atoms with van der Waals surface area (Å²) in [7, 11) is 0. The minimum atomic E-state index is -5.13. The Morgan fingerprint density at radius 3 is 2.45 bits per heavy atom. The Bertz CT molecular complexity index is 956. The number of esters is 1. The van der Waals surface area contributed by atoms with Crippen molar-refractivity contribution >= 4 is 35.4 Å². The number of carbonyl (C=O) groups is 3. The number of nitro benzene ring substituents is 1. The molecule has 1 aromatic carbocycles. The number of urea groups is 1. The van der Waals surface area contributed by atoms with Crippen LogP contribution < -0.4 is 10.2 Å². The van der Waals surface area contributed by atoms with Gasteiger partial charge in [0, 0.05) is 17.7 Å². The lowest BCUT2D eigenvalue weighted by Gasteiger charge is -2.19. The first-order valence-corrected chi connectivity index (χ1v) is 9.20. The number of imide groups is 1. The van der Waals surface area contributed by atoms with Crippen LogP contribution in [0.15, 0.2) is 18.2 Å². The first-order chi connectivity index (χ1) is 14.3. The molecule has 1 aliphatic heterocycles. The molecule has 0 spiro atoms. The summed E-state index contributed by atoms with van der Waals surface area (Å²) in [5, 5.41) is 13.5. The van der Waals surface area contributed by atoms with Crippen LogP contribution in [-0.2, 0) is 20.5 Å². The van der Waals surface area contributed by atoms with Crippen LogP contribution in [0, 0.1) is 10.1 Å².